The molecule has 0 saturated carbocycles. The molecule has 0 aromatic carbocycles. The van der Waals surface area contributed by atoms with Crippen LogP contribution in [0.25, 0.3) is 0 Å². The number of carbonyl (C=O) groups is 1. The van der Waals surface area contributed by atoms with Crippen molar-refractivity contribution < 1.29 is 4.79 Å². The lowest BCUT2D eigenvalue weighted by atomic mass is 9.90. The van der Waals surface area contributed by atoms with Crippen molar-refractivity contribution in [1.29, 1.82) is 0 Å². The highest BCUT2D eigenvalue weighted by Gasteiger charge is 2.33. The quantitative estimate of drug-likeness (QED) is 0.649. The van der Waals surface area contributed by atoms with Gasteiger partial charge in [0, 0.05) is 23.9 Å². The highest BCUT2D eigenvalue weighted by Crippen LogP contribution is 2.27. The van der Waals surface area contributed by atoms with Crippen LogP contribution in [0.4, 0.5) is 0 Å². The minimum Gasteiger partial charge on any atom is -0.355 e. The Balaban J connectivity index is 3.17. The summed E-state index contributed by atoms with van der Waals surface area (Å²) in [5.41, 5.74) is -0.0655. The molecular weight excluding hydrogens is 212 g/mol. The third-order valence-electron chi connectivity index (χ3n) is 2.99. The summed E-state index contributed by atoms with van der Waals surface area (Å²) >= 11 is 0. The maximum Gasteiger partial charge on any atom is 0.247 e. The first-order valence-electron chi connectivity index (χ1n) is 6.52. The van der Waals surface area contributed by atoms with Crippen molar-refractivity contribution in [1.82, 2.24) is 4.90 Å². The van der Waals surface area contributed by atoms with E-state index in [2.05, 4.69) is 51.4 Å². The van der Waals surface area contributed by atoms with Gasteiger partial charge in [0.15, 0.2) is 0 Å². The molecule has 0 aliphatic carbocycles. The van der Waals surface area contributed by atoms with E-state index in [4.69, 9.17) is 0 Å². The van der Waals surface area contributed by atoms with E-state index in [0.717, 1.165) is 25.2 Å². The Morgan fingerprint density at radius 2 is 1.65 bits per heavy atom. The van der Waals surface area contributed by atoms with Gasteiger partial charge in [0.2, 0.25) is 5.91 Å². The summed E-state index contributed by atoms with van der Waals surface area (Å²) in [4.78, 5) is 18.4. The van der Waals surface area contributed by atoms with Crippen molar-refractivity contribution in [2.75, 3.05) is 6.54 Å². The number of aliphatic imine (C=N–C) groups is 1. The van der Waals surface area contributed by atoms with Gasteiger partial charge in [0.05, 0.1) is 0 Å². The molecule has 1 rings (SSSR count). The van der Waals surface area contributed by atoms with Gasteiger partial charge in [-0.05, 0) is 33.6 Å². The second-order valence-corrected chi connectivity index (χ2v) is 6.86. The highest BCUT2D eigenvalue weighted by atomic mass is 16.1. The van der Waals surface area contributed by atoms with E-state index in [1.54, 1.807) is 0 Å². The molecule has 0 unspecified atom stereocenters. The third kappa shape index (κ3) is 3.83. The Morgan fingerprint density at radius 3 is 2.12 bits per heavy atom. The Kier molecular flexibility index (Phi) is 4.00. The first kappa shape index (κ1) is 14.2. The van der Waals surface area contributed by atoms with Gasteiger partial charge >= 0.3 is 0 Å². The van der Waals surface area contributed by atoms with Crippen molar-refractivity contribution in [3.05, 3.63) is 0 Å². The summed E-state index contributed by atoms with van der Waals surface area (Å²) in [5.74, 6) is 0.971. The SMILES string of the molecule is CC(C)(C)C1=NC(=O)CCCCN1C(C)(C)C. The Hall–Kier alpha value is -0.860. The van der Waals surface area contributed by atoms with E-state index >= 15 is 0 Å². The lowest BCUT2D eigenvalue weighted by Crippen LogP contribution is -2.51. The smallest absolute Gasteiger partial charge is 0.247 e. The van der Waals surface area contributed by atoms with E-state index in [1.165, 1.54) is 0 Å². The number of hydrogen-bond acceptors (Lipinski definition) is 2. The Bertz CT molecular complexity index is 318. The summed E-state index contributed by atoms with van der Waals surface area (Å²) in [5, 5.41) is 0. The minimum atomic E-state index is -0.0831. The summed E-state index contributed by atoms with van der Waals surface area (Å²) in [7, 11) is 0. The second-order valence-electron chi connectivity index (χ2n) is 6.86. The maximum atomic E-state index is 11.8. The van der Waals surface area contributed by atoms with Crippen LogP contribution in [0.1, 0.15) is 60.8 Å². The zero-order valence-corrected chi connectivity index (χ0v) is 12.1. The molecule has 1 heterocycles. The van der Waals surface area contributed by atoms with Crippen LogP contribution in [0.2, 0.25) is 0 Å². The summed E-state index contributed by atoms with van der Waals surface area (Å²) in [6.45, 7) is 13.9. The predicted octanol–water partition coefficient (Wildman–Crippen LogP) is 3.24. The molecule has 1 aliphatic heterocycles. The molecule has 17 heavy (non-hydrogen) atoms. The molecule has 0 aromatic rings. The highest BCUT2D eigenvalue weighted by molar-refractivity contribution is 5.97. The van der Waals surface area contributed by atoms with Gasteiger partial charge in [-0.1, -0.05) is 20.8 Å². The molecule has 0 spiro atoms. The lowest BCUT2D eigenvalue weighted by Gasteiger charge is -2.43. The molecular formula is C14H26N2O. The van der Waals surface area contributed by atoms with Gasteiger partial charge < -0.3 is 4.90 Å². The zero-order chi connectivity index (χ0) is 13.3. The fourth-order valence-electron chi connectivity index (χ4n) is 2.11. The van der Waals surface area contributed by atoms with Crippen LogP contribution in [0.3, 0.4) is 0 Å². The minimum absolute atomic E-state index is 0.0176. The summed E-state index contributed by atoms with van der Waals surface area (Å²) in [6, 6.07) is 0. The van der Waals surface area contributed by atoms with Gasteiger partial charge in [-0.25, -0.2) is 0 Å². The Labute approximate surface area is 105 Å². The molecule has 1 aliphatic rings. The van der Waals surface area contributed by atoms with Crippen LogP contribution in [0.15, 0.2) is 4.99 Å². The fourth-order valence-corrected chi connectivity index (χ4v) is 2.11. The maximum absolute atomic E-state index is 11.8. The molecule has 98 valence electrons. The largest absolute Gasteiger partial charge is 0.355 e. The average Bonchev–Trinajstić information content (AvgIpc) is 2.06. The van der Waals surface area contributed by atoms with Crippen LogP contribution in [0, 0.1) is 5.41 Å². The number of hydrogen-bond donors (Lipinski definition) is 0. The van der Waals surface area contributed by atoms with Crippen LogP contribution >= 0.6 is 0 Å². The average molecular weight is 238 g/mol. The molecule has 0 aromatic heterocycles. The van der Waals surface area contributed by atoms with Crippen molar-refractivity contribution in [2.24, 2.45) is 10.4 Å². The second kappa shape index (κ2) is 4.79. The van der Waals surface area contributed by atoms with Crippen LogP contribution in [0.5, 0.6) is 0 Å². The lowest BCUT2D eigenvalue weighted by molar-refractivity contribution is -0.118. The van der Waals surface area contributed by atoms with E-state index in [0.29, 0.717) is 6.42 Å². The van der Waals surface area contributed by atoms with Gasteiger partial charge in [-0.3, -0.25) is 4.79 Å². The van der Waals surface area contributed by atoms with E-state index in [1.807, 2.05) is 0 Å². The molecule has 0 N–H and O–H groups in total. The molecule has 3 heteroatoms. The molecule has 3 nitrogen and oxygen atoms in total. The molecule has 0 saturated heterocycles. The topological polar surface area (TPSA) is 32.7 Å². The van der Waals surface area contributed by atoms with Crippen molar-refractivity contribution in [3.8, 4) is 0 Å². The van der Waals surface area contributed by atoms with Crippen molar-refractivity contribution in [3.63, 3.8) is 0 Å². The summed E-state index contributed by atoms with van der Waals surface area (Å²) in [6.07, 6.45) is 2.61. The Morgan fingerprint density at radius 1 is 1.06 bits per heavy atom. The van der Waals surface area contributed by atoms with E-state index < -0.39 is 0 Å². The zero-order valence-electron chi connectivity index (χ0n) is 12.1. The molecule has 1 amide bonds. The van der Waals surface area contributed by atoms with Gasteiger partial charge in [-0.15, -0.1) is 0 Å². The van der Waals surface area contributed by atoms with Gasteiger partial charge in [-0.2, -0.15) is 4.99 Å². The van der Waals surface area contributed by atoms with Crippen molar-refractivity contribution >= 4 is 11.7 Å². The molecule has 0 bridgehead atoms. The normalized spacial score (nSPS) is 19.8. The van der Waals surface area contributed by atoms with Gasteiger partial charge in [0.1, 0.15) is 5.84 Å². The molecule has 0 radical (unpaired) electrons. The first-order chi connectivity index (χ1) is 7.62. The summed E-state index contributed by atoms with van der Waals surface area (Å²) < 4.78 is 0. The van der Waals surface area contributed by atoms with Gasteiger partial charge in [0.25, 0.3) is 0 Å². The standard InChI is InChI=1S/C14H26N2O/c1-13(2,3)12-15-11(17)9-7-8-10-16(12)14(4,5)6/h7-10H2,1-6H3. The van der Waals surface area contributed by atoms with E-state index in [-0.39, 0.29) is 16.9 Å². The molecule has 0 fully saturated rings. The van der Waals surface area contributed by atoms with Crippen LogP contribution in [-0.2, 0) is 4.79 Å². The van der Waals surface area contributed by atoms with Crippen LogP contribution < -0.4 is 0 Å². The molecule has 0 atom stereocenters. The van der Waals surface area contributed by atoms with E-state index in [9.17, 15) is 4.79 Å². The van der Waals surface area contributed by atoms with Crippen LogP contribution in [-0.4, -0.2) is 28.7 Å². The number of nitrogens with zero attached hydrogens (tertiary/aromatic N) is 2. The monoisotopic (exact) mass is 238 g/mol. The number of carbonyl (C=O) groups excluding carboxylic acids is 1. The third-order valence-corrected chi connectivity index (χ3v) is 2.99. The predicted molar refractivity (Wildman–Crippen MR) is 72.2 cm³/mol. The number of rotatable bonds is 0. The number of amidine groups is 1. The fraction of sp³-hybridized carbons (Fsp3) is 0.857. The number of amides is 1. The first-order valence-corrected chi connectivity index (χ1v) is 6.52. The van der Waals surface area contributed by atoms with Crippen molar-refractivity contribution in [2.45, 2.75) is 66.3 Å².